The molecule has 29 heavy (non-hydrogen) atoms. The maximum atomic E-state index is 13.3. The number of nitrogens with zero attached hydrogens (tertiary/aromatic N) is 2. The van der Waals surface area contributed by atoms with Crippen LogP contribution in [-0.4, -0.2) is 59.1 Å². The fourth-order valence-electron chi connectivity index (χ4n) is 3.85. The van der Waals surface area contributed by atoms with Crippen molar-refractivity contribution in [3.8, 4) is 0 Å². The minimum Gasteiger partial charge on any atom is -0.466 e. The third kappa shape index (κ3) is 4.59. The van der Waals surface area contributed by atoms with Gasteiger partial charge in [-0.15, -0.1) is 0 Å². The Hall–Kier alpha value is -1.65. The zero-order chi connectivity index (χ0) is 21.2. The summed E-state index contributed by atoms with van der Waals surface area (Å²) in [4.78, 5) is 12.2. The zero-order valence-corrected chi connectivity index (χ0v) is 18.5. The maximum Gasteiger partial charge on any atom is 0.310 e. The molecule has 2 aliphatic rings. The quantitative estimate of drug-likeness (QED) is 0.643. The van der Waals surface area contributed by atoms with E-state index in [2.05, 4.69) is 0 Å². The Morgan fingerprint density at radius 2 is 1.97 bits per heavy atom. The monoisotopic (exact) mass is 444 g/mol. The van der Waals surface area contributed by atoms with Crippen LogP contribution in [0.1, 0.15) is 38.2 Å². The van der Waals surface area contributed by atoms with E-state index in [1.54, 1.807) is 26.0 Å². The second-order valence-corrected chi connectivity index (χ2v) is 11.4. The lowest BCUT2D eigenvalue weighted by molar-refractivity contribution is -0.149. The molecule has 2 heterocycles. The number of sulfonamides is 2. The second kappa shape index (κ2) is 8.61. The highest BCUT2D eigenvalue weighted by Gasteiger charge is 2.35. The lowest BCUT2D eigenvalue weighted by Crippen LogP contribution is -2.43. The molecular weight excluding hydrogens is 416 g/mol. The molecule has 0 amide bonds. The number of aryl methyl sites for hydroxylation is 1. The Morgan fingerprint density at radius 1 is 1.21 bits per heavy atom. The number of rotatable bonds is 5. The van der Waals surface area contributed by atoms with Crippen molar-refractivity contribution in [1.29, 1.82) is 0 Å². The van der Waals surface area contributed by atoms with E-state index in [9.17, 15) is 21.6 Å². The molecule has 0 spiro atoms. The molecule has 0 aliphatic carbocycles. The van der Waals surface area contributed by atoms with Gasteiger partial charge in [-0.25, -0.2) is 16.8 Å². The number of ether oxygens (including phenoxy) is 1. The minimum atomic E-state index is -3.87. The van der Waals surface area contributed by atoms with Crippen molar-refractivity contribution >= 4 is 31.7 Å². The average Bonchev–Trinajstić information content (AvgIpc) is 2.68. The van der Waals surface area contributed by atoms with Crippen molar-refractivity contribution in [3.05, 3.63) is 23.8 Å². The van der Waals surface area contributed by atoms with E-state index in [1.165, 1.54) is 14.7 Å². The van der Waals surface area contributed by atoms with Crippen molar-refractivity contribution in [2.75, 3.05) is 36.3 Å². The number of esters is 1. The van der Waals surface area contributed by atoms with Gasteiger partial charge in [0.1, 0.15) is 0 Å². The van der Waals surface area contributed by atoms with E-state index in [0.717, 1.165) is 6.42 Å². The van der Waals surface area contributed by atoms with Gasteiger partial charge in [-0.1, -0.05) is 6.07 Å². The molecule has 2 saturated heterocycles. The fraction of sp³-hybridized carbons (Fsp3) is 0.632. The number of anilines is 1. The molecule has 0 saturated carbocycles. The molecule has 8 nitrogen and oxygen atoms in total. The summed E-state index contributed by atoms with van der Waals surface area (Å²) in [5.41, 5.74) is 0.911. The number of piperidine rings is 1. The molecule has 1 aromatic rings. The van der Waals surface area contributed by atoms with Crippen LogP contribution in [0.3, 0.4) is 0 Å². The molecule has 0 N–H and O–H groups in total. The normalized spacial score (nSPS) is 23.0. The number of carbonyl (C=O) groups is 1. The summed E-state index contributed by atoms with van der Waals surface area (Å²) in [6.07, 6.45) is 2.51. The largest absolute Gasteiger partial charge is 0.466 e. The summed E-state index contributed by atoms with van der Waals surface area (Å²) in [6, 6.07) is 4.73. The molecule has 1 unspecified atom stereocenters. The zero-order valence-electron chi connectivity index (χ0n) is 16.8. The van der Waals surface area contributed by atoms with Gasteiger partial charge in [0.15, 0.2) is 0 Å². The third-order valence-electron chi connectivity index (χ3n) is 5.43. The SMILES string of the molecule is CCOC(=O)C1CCCN(S(=O)(=O)c2cc(N3CCCCS3(=O)=O)ccc2C)C1. The Balaban J connectivity index is 1.91. The lowest BCUT2D eigenvalue weighted by Gasteiger charge is -2.32. The summed E-state index contributed by atoms with van der Waals surface area (Å²) in [5.74, 6) is -0.794. The third-order valence-corrected chi connectivity index (χ3v) is 9.31. The van der Waals surface area contributed by atoms with Crippen LogP contribution in [0.5, 0.6) is 0 Å². The number of carbonyl (C=O) groups excluding carboxylic acids is 1. The van der Waals surface area contributed by atoms with Gasteiger partial charge in [-0.3, -0.25) is 9.10 Å². The van der Waals surface area contributed by atoms with E-state index >= 15 is 0 Å². The molecular formula is C19H28N2O6S2. The molecule has 0 radical (unpaired) electrons. The number of hydrogen-bond donors (Lipinski definition) is 0. The maximum absolute atomic E-state index is 13.3. The Morgan fingerprint density at radius 3 is 2.66 bits per heavy atom. The molecule has 3 rings (SSSR count). The first kappa shape index (κ1) is 22.0. The van der Waals surface area contributed by atoms with Crippen molar-refractivity contribution in [2.45, 2.75) is 44.4 Å². The van der Waals surface area contributed by atoms with Gasteiger partial charge >= 0.3 is 5.97 Å². The molecule has 2 fully saturated rings. The molecule has 0 aromatic heterocycles. The average molecular weight is 445 g/mol. The van der Waals surface area contributed by atoms with Crippen LogP contribution in [-0.2, 0) is 29.6 Å². The van der Waals surface area contributed by atoms with E-state index < -0.39 is 26.0 Å². The van der Waals surface area contributed by atoms with Gasteiger partial charge in [0, 0.05) is 19.6 Å². The van der Waals surface area contributed by atoms with Crippen molar-refractivity contribution in [3.63, 3.8) is 0 Å². The van der Waals surface area contributed by atoms with Gasteiger partial charge in [0.05, 0.1) is 28.9 Å². The highest BCUT2D eigenvalue weighted by Crippen LogP contribution is 2.31. The van der Waals surface area contributed by atoms with Crippen LogP contribution in [0.15, 0.2) is 23.1 Å². The Kier molecular flexibility index (Phi) is 6.54. The Labute approximate surface area is 172 Å². The van der Waals surface area contributed by atoms with E-state index in [-0.39, 0.29) is 29.8 Å². The van der Waals surface area contributed by atoms with Gasteiger partial charge in [0.2, 0.25) is 20.0 Å². The predicted octanol–water partition coefficient (Wildman–Crippen LogP) is 1.89. The highest BCUT2D eigenvalue weighted by molar-refractivity contribution is 7.92. The van der Waals surface area contributed by atoms with Crippen molar-refractivity contribution in [2.24, 2.45) is 5.92 Å². The van der Waals surface area contributed by atoms with Gasteiger partial charge in [-0.05, 0) is 57.2 Å². The summed E-state index contributed by atoms with van der Waals surface area (Å²) < 4.78 is 59.2. The predicted molar refractivity (Wildman–Crippen MR) is 110 cm³/mol. The van der Waals surface area contributed by atoms with Crippen LogP contribution >= 0.6 is 0 Å². The first-order valence-electron chi connectivity index (χ1n) is 9.94. The first-order chi connectivity index (χ1) is 13.7. The van der Waals surface area contributed by atoms with Crippen molar-refractivity contribution < 1.29 is 26.4 Å². The van der Waals surface area contributed by atoms with Crippen LogP contribution < -0.4 is 4.31 Å². The molecule has 10 heteroatoms. The van der Waals surface area contributed by atoms with Gasteiger partial charge < -0.3 is 4.74 Å². The van der Waals surface area contributed by atoms with Crippen LogP contribution in [0.4, 0.5) is 5.69 Å². The summed E-state index contributed by atoms with van der Waals surface area (Å²) in [7, 11) is -7.31. The summed E-state index contributed by atoms with van der Waals surface area (Å²) in [5, 5.41) is 0. The topological polar surface area (TPSA) is 101 Å². The van der Waals surface area contributed by atoms with E-state index in [1.807, 2.05) is 0 Å². The summed E-state index contributed by atoms with van der Waals surface area (Å²) >= 11 is 0. The number of benzene rings is 1. The first-order valence-corrected chi connectivity index (χ1v) is 13.0. The highest BCUT2D eigenvalue weighted by atomic mass is 32.2. The lowest BCUT2D eigenvalue weighted by atomic mass is 10.0. The minimum absolute atomic E-state index is 0.0658. The number of hydrogen-bond acceptors (Lipinski definition) is 6. The molecule has 1 atom stereocenters. The standard InChI is InChI=1S/C19H28N2O6S2/c1-3-27-19(22)16-7-6-10-20(14-16)29(25,26)18-13-17(9-8-15(18)2)21-11-4-5-12-28(21,23)24/h8-9,13,16H,3-7,10-12,14H2,1-2H3. The van der Waals surface area contributed by atoms with Gasteiger partial charge in [-0.2, -0.15) is 4.31 Å². The van der Waals surface area contributed by atoms with Crippen LogP contribution in [0.25, 0.3) is 0 Å². The molecule has 0 bridgehead atoms. The molecule has 2 aliphatic heterocycles. The Bertz CT molecular complexity index is 974. The van der Waals surface area contributed by atoms with Crippen LogP contribution in [0.2, 0.25) is 0 Å². The van der Waals surface area contributed by atoms with E-state index in [4.69, 9.17) is 4.74 Å². The van der Waals surface area contributed by atoms with Crippen molar-refractivity contribution in [1.82, 2.24) is 4.31 Å². The summed E-state index contributed by atoms with van der Waals surface area (Å²) in [6.45, 7) is 4.41. The molecule has 162 valence electrons. The smallest absolute Gasteiger partial charge is 0.310 e. The fourth-order valence-corrected chi connectivity index (χ4v) is 7.25. The second-order valence-electron chi connectivity index (χ2n) is 7.50. The van der Waals surface area contributed by atoms with Crippen LogP contribution in [0, 0.1) is 12.8 Å². The molecule has 1 aromatic carbocycles. The van der Waals surface area contributed by atoms with Gasteiger partial charge in [0.25, 0.3) is 0 Å². The van der Waals surface area contributed by atoms with E-state index in [0.29, 0.717) is 43.6 Å².